The molecule has 2 aliphatic carbocycles. The summed E-state index contributed by atoms with van der Waals surface area (Å²) < 4.78 is 2.42. The molecule has 25 heavy (non-hydrogen) atoms. The predicted octanol–water partition coefficient (Wildman–Crippen LogP) is 2.79. The number of nitrogens with zero attached hydrogens (tertiary/aromatic N) is 3. The van der Waals surface area contributed by atoms with Gasteiger partial charge >= 0.3 is 0 Å². The molecule has 2 saturated carbocycles. The van der Waals surface area contributed by atoms with E-state index in [9.17, 15) is 0 Å². The minimum Gasteiger partial charge on any atom is -0.360 e. The van der Waals surface area contributed by atoms with Gasteiger partial charge in [0, 0.05) is 56.7 Å². The highest BCUT2D eigenvalue weighted by molar-refractivity contribution is 7.80. The first kappa shape index (κ1) is 17.3. The van der Waals surface area contributed by atoms with Crippen LogP contribution in [0.15, 0.2) is 12.1 Å². The van der Waals surface area contributed by atoms with Crippen LogP contribution in [0.3, 0.4) is 0 Å². The van der Waals surface area contributed by atoms with E-state index in [0.29, 0.717) is 6.04 Å². The normalized spacial score (nSPS) is 29.4. The molecule has 0 unspecified atom stereocenters. The fraction of sp³-hybridized carbons (Fsp3) is 0.750. The number of fused-ring (bicyclic) bond motifs is 2. The van der Waals surface area contributed by atoms with Gasteiger partial charge in [0.05, 0.1) is 0 Å². The monoisotopic (exact) mass is 360 g/mol. The largest absolute Gasteiger partial charge is 0.360 e. The molecule has 4 nitrogen and oxygen atoms in total. The van der Waals surface area contributed by atoms with E-state index >= 15 is 0 Å². The van der Waals surface area contributed by atoms with Gasteiger partial charge in [0.15, 0.2) is 5.11 Å². The number of hydrogen-bond acceptors (Lipinski definition) is 2. The number of hydrogen-bond donors (Lipinski definition) is 1. The maximum atomic E-state index is 5.72. The smallest absolute Gasteiger partial charge is 0.169 e. The summed E-state index contributed by atoms with van der Waals surface area (Å²) in [4.78, 5) is 4.97. The van der Waals surface area contributed by atoms with Crippen molar-refractivity contribution in [3.8, 4) is 0 Å². The number of piperazine rings is 1. The molecule has 0 radical (unpaired) electrons. The van der Waals surface area contributed by atoms with E-state index < -0.39 is 0 Å². The van der Waals surface area contributed by atoms with Gasteiger partial charge in [-0.05, 0) is 69.3 Å². The molecule has 1 aliphatic heterocycles. The molecule has 4 rings (SSSR count). The first-order chi connectivity index (χ1) is 12.1. The predicted molar refractivity (Wildman–Crippen MR) is 107 cm³/mol. The van der Waals surface area contributed by atoms with Crippen LogP contribution in [0.1, 0.15) is 37.1 Å². The fourth-order valence-electron chi connectivity index (χ4n) is 5.14. The molecule has 1 aromatic rings. The summed E-state index contributed by atoms with van der Waals surface area (Å²) >= 11 is 5.72. The van der Waals surface area contributed by atoms with Crippen molar-refractivity contribution in [1.82, 2.24) is 19.7 Å². The molecule has 5 heteroatoms. The Labute approximate surface area is 157 Å². The highest BCUT2D eigenvalue weighted by atomic mass is 32.1. The molecule has 1 N–H and O–H groups in total. The molecule has 138 valence electrons. The van der Waals surface area contributed by atoms with Crippen LogP contribution in [-0.2, 0) is 6.54 Å². The molecule has 2 bridgehead atoms. The zero-order valence-corrected chi connectivity index (χ0v) is 16.5. The molecule has 3 fully saturated rings. The van der Waals surface area contributed by atoms with Crippen LogP contribution in [0, 0.1) is 25.7 Å². The molecule has 0 spiro atoms. The maximum Gasteiger partial charge on any atom is 0.169 e. The lowest BCUT2D eigenvalue weighted by molar-refractivity contribution is 0.174. The summed E-state index contributed by atoms with van der Waals surface area (Å²) in [7, 11) is 0. The van der Waals surface area contributed by atoms with Crippen LogP contribution in [0.5, 0.6) is 0 Å². The molecule has 1 saturated heterocycles. The Morgan fingerprint density at radius 1 is 1.04 bits per heavy atom. The Morgan fingerprint density at radius 2 is 1.76 bits per heavy atom. The molecule has 2 heterocycles. The maximum absolute atomic E-state index is 5.72. The van der Waals surface area contributed by atoms with Crippen LogP contribution in [0.25, 0.3) is 0 Å². The van der Waals surface area contributed by atoms with E-state index in [1.54, 1.807) is 0 Å². The average molecular weight is 361 g/mol. The lowest BCUT2D eigenvalue weighted by Gasteiger charge is -2.38. The van der Waals surface area contributed by atoms with Crippen molar-refractivity contribution in [1.29, 1.82) is 0 Å². The van der Waals surface area contributed by atoms with Crippen molar-refractivity contribution in [2.45, 2.75) is 52.1 Å². The van der Waals surface area contributed by atoms with Crippen LogP contribution in [0.2, 0.25) is 0 Å². The Morgan fingerprint density at radius 3 is 2.36 bits per heavy atom. The summed E-state index contributed by atoms with van der Waals surface area (Å²) in [5, 5.41) is 4.71. The van der Waals surface area contributed by atoms with E-state index in [4.69, 9.17) is 12.2 Å². The lowest BCUT2D eigenvalue weighted by Crippen LogP contribution is -2.54. The topological polar surface area (TPSA) is 23.4 Å². The quantitative estimate of drug-likeness (QED) is 0.834. The number of rotatable bonds is 4. The molecule has 3 aliphatic rings. The number of aromatic nitrogens is 1. The minimum atomic E-state index is 0.656. The second kappa shape index (κ2) is 7.28. The van der Waals surface area contributed by atoms with Crippen molar-refractivity contribution in [3.63, 3.8) is 0 Å². The van der Waals surface area contributed by atoms with Gasteiger partial charge in [0.25, 0.3) is 0 Å². The molecule has 3 atom stereocenters. The third kappa shape index (κ3) is 3.72. The van der Waals surface area contributed by atoms with Gasteiger partial charge < -0.3 is 14.8 Å². The van der Waals surface area contributed by atoms with Crippen molar-refractivity contribution in [2.24, 2.45) is 11.8 Å². The van der Waals surface area contributed by atoms with Crippen LogP contribution in [0.4, 0.5) is 0 Å². The average Bonchev–Trinajstić information content (AvgIpc) is 3.31. The second-order valence-corrected chi connectivity index (χ2v) is 8.71. The van der Waals surface area contributed by atoms with Crippen molar-refractivity contribution in [2.75, 3.05) is 32.7 Å². The Balaban J connectivity index is 1.21. The van der Waals surface area contributed by atoms with Gasteiger partial charge in [-0.3, -0.25) is 4.90 Å². The van der Waals surface area contributed by atoms with Crippen molar-refractivity contribution >= 4 is 17.3 Å². The first-order valence-electron chi connectivity index (χ1n) is 10.0. The van der Waals surface area contributed by atoms with Crippen LogP contribution >= 0.6 is 12.2 Å². The summed E-state index contributed by atoms with van der Waals surface area (Å²) in [6.07, 6.45) is 5.65. The van der Waals surface area contributed by atoms with Gasteiger partial charge in [0.1, 0.15) is 0 Å². The van der Waals surface area contributed by atoms with E-state index in [-0.39, 0.29) is 0 Å². The number of nitrogens with one attached hydrogen (secondary N) is 1. The van der Waals surface area contributed by atoms with E-state index in [2.05, 4.69) is 45.7 Å². The summed E-state index contributed by atoms with van der Waals surface area (Å²) in [6.45, 7) is 11.0. The molecular weight excluding hydrogens is 328 g/mol. The first-order valence-corrected chi connectivity index (χ1v) is 10.4. The van der Waals surface area contributed by atoms with Gasteiger partial charge in [-0.1, -0.05) is 6.42 Å². The standard InChI is InChI=1S/C20H32N4S/c1-15-3-4-16(2)24(15)12-9-22-7-10-23(11-8-22)20(25)21-19-14-17-5-6-18(19)13-17/h3-4,17-19H,5-14H2,1-2H3,(H,21,25)/t17-,18+,19+/m0/s1. The Hall–Kier alpha value is -1.07. The van der Waals surface area contributed by atoms with Gasteiger partial charge in [-0.25, -0.2) is 0 Å². The van der Waals surface area contributed by atoms with Crippen molar-refractivity contribution < 1.29 is 0 Å². The molecule has 0 aromatic carbocycles. The number of aryl methyl sites for hydroxylation is 2. The van der Waals surface area contributed by atoms with Gasteiger partial charge in [-0.15, -0.1) is 0 Å². The number of thiocarbonyl (C=S) groups is 1. The molecule has 0 amide bonds. The van der Waals surface area contributed by atoms with Gasteiger partial charge in [0.2, 0.25) is 0 Å². The SMILES string of the molecule is Cc1ccc(C)n1CCN1CCN(C(=S)N[C@@H]2C[C@H]3CC[C@@H]2C3)CC1. The zero-order chi connectivity index (χ0) is 17.4. The Kier molecular flexibility index (Phi) is 5.05. The third-order valence-electron chi connectivity index (χ3n) is 6.76. The third-order valence-corrected chi connectivity index (χ3v) is 7.14. The fourth-order valence-corrected chi connectivity index (χ4v) is 5.47. The summed E-state index contributed by atoms with van der Waals surface area (Å²) in [6, 6.07) is 5.09. The lowest BCUT2D eigenvalue weighted by atomic mass is 9.95. The summed E-state index contributed by atoms with van der Waals surface area (Å²) in [5.41, 5.74) is 2.74. The van der Waals surface area contributed by atoms with Crippen molar-refractivity contribution in [3.05, 3.63) is 23.5 Å². The highest BCUT2D eigenvalue weighted by Crippen LogP contribution is 2.44. The van der Waals surface area contributed by atoms with E-state index in [0.717, 1.165) is 56.2 Å². The second-order valence-electron chi connectivity index (χ2n) is 8.33. The highest BCUT2D eigenvalue weighted by Gasteiger charge is 2.40. The van der Waals surface area contributed by atoms with Crippen LogP contribution < -0.4 is 5.32 Å². The minimum absolute atomic E-state index is 0.656. The molecular formula is C20H32N4S. The summed E-state index contributed by atoms with van der Waals surface area (Å²) in [5.74, 6) is 1.86. The van der Waals surface area contributed by atoms with E-state index in [1.807, 2.05) is 0 Å². The molecule has 1 aromatic heterocycles. The Bertz CT molecular complexity index is 598. The zero-order valence-electron chi connectivity index (χ0n) is 15.7. The van der Waals surface area contributed by atoms with Gasteiger partial charge in [-0.2, -0.15) is 0 Å². The van der Waals surface area contributed by atoms with Crippen LogP contribution in [-0.4, -0.2) is 58.2 Å². The van der Waals surface area contributed by atoms with E-state index in [1.165, 1.54) is 37.1 Å².